The van der Waals surface area contributed by atoms with Crippen LogP contribution in [0, 0.1) is 0 Å². The summed E-state index contributed by atoms with van der Waals surface area (Å²) in [7, 11) is -11.3. The van der Waals surface area contributed by atoms with Crippen molar-refractivity contribution in [1.82, 2.24) is 9.71 Å². The summed E-state index contributed by atoms with van der Waals surface area (Å²) in [5, 5.41) is -1.05. The molecule has 1 saturated heterocycles. The number of aromatic nitrogens is 1. The van der Waals surface area contributed by atoms with Gasteiger partial charge in [-0.25, -0.2) is 30.0 Å². The maximum absolute atomic E-state index is 12.7. The minimum atomic E-state index is -3.96. The maximum atomic E-state index is 12.7. The molecule has 1 atom stereocenters. The van der Waals surface area contributed by atoms with Crippen molar-refractivity contribution in [2.45, 2.75) is 28.0 Å². The summed E-state index contributed by atoms with van der Waals surface area (Å²) >= 11 is 0. The van der Waals surface area contributed by atoms with Gasteiger partial charge in [0.1, 0.15) is 0 Å². The first-order chi connectivity index (χ1) is 12.6. The van der Waals surface area contributed by atoms with Gasteiger partial charge >= 0.3 is 0 Å². The Morgan fingerprint density at radius 2 is 1.78 bits per heavy atom. The lowest BCUT2D eigenvalue weighted by Gasteiger charge is -2.12. The summed E-state index contributed by atoms with van der Waals surface area (Å²) in [4.78, 5) is 3.61. The molecule has 27 heavy (non-hydrogen) atoms. The number of nitrogens with one attached hydrogen (secondary N) is 1. The molecule has 3 rings (SSSR count). The van der Waals surface area contributed by atoms with Gasteiger partial charge in [-0.05, 0) is 36.8 Å². The smallest absolute Gasteiger partial charge is 0.240 e. The highest BCUT2D eigenvalue weighted by Crippen LogP contribution is 2.26. The normalized spacial score (nSPS) is 19.8. The number of hydrogen-bond donors (Lipinski definition) is 1. The van der Waals surface area contributed by atoms with E-state index in [1.807, 2.05) is 0 Å². The molecular formula is C16H18N2O6S3. The standard InChI is InChI=1S/C16H18N2O6S3/c19-25(20)9-7-16(12-25)26(21,22)14-5-3-6-15(10-14)27(23,24)18-11-13-4-1-2-8-17-13/h1-6,8,10,16,18H,7,9,11-12H2/t16-/m1/s1. The first-order valence-corrected chi connectivity index (χ1v) is 12.9. The van der Waals surface area contributed by atoms with Crippen molar-refractivity contribution in [2.24, 2.45) is 0 Å². The van der Waals surface area contributed by atoms with Crippen molar-refractivity contribution < 1.29 is 25.3 Å². The average molecular weight is 431 g/mol. The third kappa shape index (κ3) is 4.54. The van der Waals surface area contributed by atoms with Crippen LogP contribution in [-0.4, -0.2) is 47.0 Å². The Kier molecular flexibility index (Phi) is 5.39. The van der Waals surface area contributed by atoms with E-state index in [9.17, 15) is 25.3 Å². The summed E-state index contributed by atoms with van der Waals surface area (Å²) in [5.41, 5.74) is 0.515. The van der Waals surface area contributed by atoms with E-state index in [-0.39, 0.29) is 28.5 Å². The topological polar surface area (TPSA) is 127 Å². The molecule has 0 radical (unpaired) electrons. The third-order valence-electron chi connectivity index (χ3n) is 4.24. The minimum Gasteiger partial charge on any atom is -0.260 e. The van der Waals surface area contributed by atoms with E-state index in [0.717, 1.165) is 6.07 Å². The second kappa shape index (κ2) is 7.30. The van der Waals surface area contributed by atoms with Crippen molar-refractivity contribution in [3.63, 3.8) is 0 Å². The van der Waals surface area contributed by atoms with Gasteiger partial charge in [0.05, 0.1) is 38.8 Å². The van der Waals surface area contributed by atoms with Gasteiger partial charge in [-0.2, -0.15) is 0 Å². The van der Waals surface area contributed by atoms with Gasteiger partial charge in [-0.3, -0.25) is 4.98 Å². The fourth-order valence-electron chi connectivity index (χ4n) is 2.77. The Morgan fingerprint density at radius 3 is 2.41 bits per heavy atom. The van der Waals surface area contributed by atoms with Crippen LogP contribution in [0.15, 0.2) is 58.5 Å². The highest BCUT2D eigenvalue weighted by molar-refractivity contribution is 7.96. The van der Waals surface area contributed by atoms with E-state index in [1.54, 1.807) is 18.2 Å². The maximum Gasteiger partial charge on any atom is 0.240 e. The Labute approximate surface area is 158 Å². The molecule has 8 nitrogen and oxygen atoms in total. The van der Waals surface area contributed by atoms with E-state index in [1.165, 1.54) is 24.4 Å². The monoisotopic (exact) mass is 430 g/mol. The van der Waals surface area contributed by atoms with Crippen LogP contribution in [0.3, 0.4) is 0 Å². The zero-order valence-electron chi connectivity index (χ0n) is 14.1. The van der Waals surface area contributed by atoms with Gasteiger partial charge in [0.25, 0.3) is 0 Å². The summed E-state index contributed by atoms with van der Waals surface area (Å²) in [6.45, 7) is -0.0407. The lowest BCUT2D eigenvalue weighted by atomic mass is 10.4. The van der Waals surface area contributed by atoms with Crippen LogP contribution in [0.4, 0.5) is 0 Å². The lowest BCUT2D eigenvalue weighted by Crippen LogP contribution is -2.25. The first kappa shape index (κ1) is 19.9. The van der Waals surface area contributed by atoms with E-state index in [0.29, 0.717) is 5.69 Å². The van der Waals surface area contributed by atoms with E-state index in [2.05, 4.69) is 9.71 Å². The molecule has 0 saturated carbocycles. The number of nitrogens with zero attached hydrogens (tertiary/aromatic N) is 1. The Balaban J connectivity index is 1.84. The zero-order valence-corrected chi connectivity index (χ0v) is 16.6. The number of benzene rings is 1. The molecule has 0 bridgehead atoms. The molecule has 1 fully saturated rings. The van der Waals surface area contributed by atoms with Crippen molar-refractivity contribution in [2.75, 3.05) is 11.5 Å². The molecule has 1 aliphatic rings. The molecule has 1 aliphatic heterocycles. The molecule has 1 aromatic carbocycles. The second-order valence-electron chi connectivity index (χ2n) is 6.19. The van der Waals surface area contributed by atoms with Crippen LogP contribution in [0.25, 0.3) is 0 Å². The SMILES string of the molecule is O=S1(=O)CC[C@@H](S(=O)(=O)c2cccc(S(=O)(=O)NCc3ccccn3)c2)C1. The molecule has 2 aromatic rings. The highest BCUT2D eigenvalue weighted by atomic mass is 32.2. The summed E-state index contributed by atoms with van der Waals surface area (Å²) in [6, 6.07) is 10.0. The molecule has 0 spiro atoms. The average Bonchev–Trinajstić information content (AvgIpc) is 3.02. The van der Waals surface area contributed by atoms with Crippen molar-refractivity contribution >= 4 is 29.7 Å². The van der Waals surface area contributed by atoms with Crippen LogP contribution >= 0.6 is 0 Å². The van der Waals surface area contributed by atoms with Crippen LogP contribution in [0.2, 0.25) is 0 Å². The van der Waals surface area contributed by atoms with Crippen LogP contribution in [-0.2, 0) is 36.2 Å². The summed E-state index contributed by atoms with van der Waals surface area (Å²) in [6.07, 6.45) is 1.55. The summed E-state index contributed by atoms with van der Waals surface area (Å²) in [5.74, 6) is -0.620. The molecule has 2 heterocycles. The summed E-state index contributed by atoms with van der Waals surface area (Å²) < 4.78 is 75.9. The Bertz CT molecular complexity index is 1140. The fourth-order valence-corrected chi connectivity index (χ4v) is 8.29. The molecule has 11 heteroatoms. The van der Waals surface area contributed by atoms with Gasteiger partial charge in [-0.15, -0.1) is 0 Å². The van der Waals surface area contributed by atoms with Crippen LogP contribution in [0.5, 0.6) is 0 Å². The second-order valence-corrected chi connectivity index (χ2v) is 12.4. The predicted octanol–water partition coefficient (Wildman–Crippen LogP) is 0.521. The molecule has 146 valence electrons. The minimum absolute atomic E-state index is 0.0135. The van der Waals surface area contributed by atoms with Crippen LogP contribution in [0.1, 0.15) is 12.1 Å². The number of hydrogen-bond acceptors (Lipinski definition) is 7. The quantitative estimate of drug-likeness (QED) is 0.708. The highest BCUT2D eigenvalue weighted by Gasteiger charge is 2.38. The molecule has 0 aliphatic carbocycles. The van der Waals surface area contributed by atoms with Gasteiger partial charge < -0.3 is 0 Å². The first-order valence-electron chi connectivity index (χ1n) is 8.04. The number of sulfone groups is 2. The predicted molar refractivity (Wildman–Crippen MR) is 98.9 cm³/mol. The van der Waals surface area contributed by atoms with Gasteiger partial charge in [-0.1, -0.05) is 12.1 Å². The number of pyridine rings is 1. The number of sulfonamides is 1. The zero-order chi connectivity index (χ0) is 19.7. The molecule has 1 N–H and O–H groups in total. The van der Waals surface area contributed by atoms with E-state index < -0.39 is 40.7 Å². The van der Waals surface area contributed by atoms with Gasteiger partial charge in [0.2, 0.25) is 10.0 Å². The lowest BCUT2D eigenvalue weighted by molar-refractivity contribution is 0.578. The van der Waals surface area contributed by atoms with E-state index >= 15 is 0 Å². The largest absolute Gasteiger partial charge is 0.260 e. The van der Waals surface area contributed by atoms with Gasteiger partial charge in [0.15, 0.2) is 19.7 Å². The molecule has 0 unspecified atom stereocenters. The van der Waals surface area contributed by atoms with Gasteiger partial charge in [0, 0.05) is 6.20 Å². The van der Waals surface area contributed by atoms with Crippen molar-refractivity contribution in [1.29, 1.82) is 0 Å². The molecular weight excluding hydrogens is 412 g/mol. The van der Waals surface area contributed by atoms with E-state index in [4.69, 9.17) is 0 Å². The Morgan fingerprint density at radius 1 is 1.04 bits per heavy atom. The molecule has 0 amide bonds. The number of rotatable bonds is 6. The third-order valence-corrected chi connectivity index (χ3v) is 9.81. The van der Waals surface area contributed by atoms with Crippen LogP contribution < -0.4 is 4.72 Å². The Hall–Kier alpha value is -1.82. The van der Waals surface area contributed by atoms with Crippen molar-refractivity contribution in [3.05, 3.63) is 54.4 Å². The molecule has 1 aromatic heterocycles. The fraction of sp³-hybridized carbons (Fsp3) is 0.312. The van der Waals surface area contributed by atoms with Crippen molar-refractivity contribution in [3.8, 4) is 0 Å².